The average Bonchev–Trinajstić information content (AvgIpc) is 3.38. The van der Waals surface area contributed by atoms with Crippen molar-refractivity contribution in [2.24, 2.45) is 0 Å². The van der Waals surface area contributed by atoms with E-state index in [1.807, 2.05) is 0 Å². The summed E-state index contributed by atoms with van der Waals surface area (Å²) in [6, 6.07) is 13.2. The van der Waals surface area contributed by atoms with Crippen molar-refractivity contribution < 1.29 is 4.74 Å². The zero-order valence-corrected chi connectivity index (χ0v) is 19.9. The number of morpholine rings is 1. The second-order valence-corrected chi connectivity index (χ2v) is 9.31. The Labute approximate surface area is 201 Å². The molecule has 2 saturated heterocycles. The van der Waals surface area contributed by atoms with Crippen LogP contribution in [0.5, 0.6) is 0 Å². The lowest BCUT2D eigenvalue weighted by atomic mass is 10.2. The molecule has 5 rings (SSSR count). The van der Waals surface area contributed by atoms with Gasteiger partial charge in [0.15, 0.2) is 5.11 Å². The Kier molecular flexibility index (Phi) is 7.06. The number of piperazine rings is 1. The zero-order valence-electron chi connectivity index (χ0n) is 19.1. The molecule has 8 nitrogen and oxygen atoms in total. The molecule has 1 saturated carbocycles. The van der Waals surface area contributed by atoms with Gasteiger partial charge in [0.05, 0.1) is 13.2 Å². The maximum absolute atomic E-state index is 5.59. The Hall–Kier alpha value is -2.65. The number of nitrogens with zero attached hydrogens (tertiary/aromatic N) is 5. The van der Waals surface area contributed by atoms with E-state index >= 15 is 0 Å². The summed E-state index contributed by atoms with van der Waals surface area (Å²) in [4.78, 5) is 16.7. The number of aromatic nitrogens is 2. The lowest BCUT2D eigenvalue weighted by Crippen LogP contribution is -2.47. The van der Waals surface area contributed by atoms with Crippen LogP contribution in [-0.2, 0) is 4.74 Å². The van der Waals surface area contributed by atoms with Crippen LogP contribution in [0.1, 0.15) is 25.7 Å². The van der Waals surface area contributed by atoms with E-state index in [1.165, 1.54) is 31.4 Å². The topological polar surface area (TPSA) is 68.8 Å². The number of benzene rings is 1. The Morgan fingerprint density at radius 3 is 2.12 bits per heavy atom. The predicted molar refractivity (Wildman–Crippen MR) is 138 cm³/mol. The summed E-state index contributed by atoms with van der Waals surface area (Å²) in [6.45, 7) is 6.87. The maximum atomic E-state index is 5.59. The van der Waals surface area contributed by atoms with Crippen LogP contribution in [0.3, 0.4) is 0 Å². The molecule has 2 N–H and O–H groups in total. The lowest BCUT2D eigenvalue weighted by Gasteiger charge is -2.37. The van der Waals surface area contributed by atoms with E-state index in [9.17, 15) is 0 Å². The minimum Gasteiger partial charge on any atom is -0.378 e. The van der Waals surface area contributed by atoms with Crippen molar-refractivity contribution in [3.63, 3.8) is 0 Å². The minimum atomic E-state index is 0.456. The van der Waals surface area contributed by atoms with Crippen LogP contribution in [0, 0.1) is 0 Å². The number of hydrogen-bond acceptors (Lipinski definition) is 7. The number of ether oxygens (including phenoxy) is 1. The highest BCUT2D eigenvalue weighted by atomic mass is 32.1. The minimum absolute atomic E-state index is 0.456. The zero-order chi connectivity index (χ0) is 22.5. The number of rotatable bonds is 5. The Balaban J connectivity index is 1.31. The van der Waals surface area contributed by atoms with Crippen LogP contribution in [0.15, 0.2) is 36.4 Å². The van der Waals surface area contributed by atoms with Gasteiger partial charge in [-0.25, -0.2) is 0 Å². The SMILES string of the molecule is S=C(Nc1nc(N2CCOCC2)cc(N2CCN(c3ccccc3)CC2)n1)NC1CCCC1. The van der Waals surface area contributed by atoms with Crippen molar-refractivity contribution in [2.45, 2.75) is 31.7 Å². The summed E-state index contributed by atoms with van der Waals surface area (Å²) < 4.78 is 5.54. The predicted octanol–water partition coefficient (Wildman–Crippen LogP) is 2.87. The van der Waals surface area contributed by atoms with Gasteiger partial charge >= 0.3 is 0 Å². The molecule has 2 aliphatic heterocycles. The van der Waals surface area contributed by atoms with Crippen molar-refractivity contribution in [1.82, 2.24) is 15.3 Å². The van der Waals surface area contributed by atoms with Crippen molar-refractivity contribution in [1.29, 1.82) is 0 Å². The van der Waals surface area contributed by atoms with Gasteiger partial charge in [0.1, 0.15) is 11.6 Å². The standard InChI is InChI=1S/C24H33N7OS/c33-24(25-19-6-4-5-7-19)28-23-26-21(18-22(27-23)31-14-16-32-17-15-31)30-12-10-29(11-13-30)20-8-2-1-3-9-20/h1-3,8-9,18-19H,4-7,10-17H2,(H2,25,26,27,28,33). The van der Waals surface area contributed by atoms with Crippen molar-refractivity contribution in [2.75, 3.05) is 72.5 Å². The van der Waals surface area contributed by atoms with Gasteiger partial charge in [-0.1, -0.05) is 31.0 Å². The molecule has 3 fully saturated rings. The van der Waals surface area contributed by atoms with Gasteiger partial charge in [-0.05, 0) is 37.2 Å². The molecule has 0 spiro atoms. The number of hydrogen-bond donors (Lipinski definition) is 2. The summed E-state index contributed by atoms with van der Waals surface area (Å²) in [7, 11) is 0. The lowest BCUT2D eigenvalue weighted by molar-refractivity contribution is 0.122. The third-order valence-electron chi connectivity index (χ3n) is 6.67. The Morgan fingerprint density at radius 1 is 0.848 bits per heavy atom. The second kappa shape index (κ2) is 10.5. The molecule has 2 aromatic rings. The fraction of sp³-hybridized carbons (Fsp3) is 0.542. The maximum Gasteiger partial charge on any atom is 0.232 e. The first-order valence-corrected chi connectivity index (χ1v) is 12.5. The highest BCUT2D eigenvalue weighted by Gasteiger charge is 2.22. The van der Waals surface area contributed by atoms with E-state index in [-0.39, 0.29) is 0 Å². The second-order valence-electron chi connectivity index (χ2n) is 8.90. The van der Waals surface area contributed by atoms with E-state index in [4.69, 9.17) is 26.9 Å². The molecule has 176 valence electrons. The van der Waals surface area contributed by atoms with E-state index in [1.54, 1.807) is 0 Å². The monoisotopic (exact) mass is 467 g/mol. The first-order valence-electron chi connectivity index (χ1n) is 12.1. The first-order chi connectivity index (χ1) is 16.2. The molecule has 33 heavy (non-hydrogen) atoms. The van der Waals surface area contributed by atoms with E-state index in [2.05, 4.69) is 61.7 Å². The quantitative estimate of drug-likeness (QED) is 0.646. The van der Waals surface area contributed by atoms with Crippen LogP contribution in [0.4, 0.5) is 23.3 Å². The van der Waals surface area contributed by atoms with Gasteiger partial charge < -0.3 is 30.1 Å². The van der Waals surface area contributed by atoms with Gasteiger partial charge in [-0.15, -0.1) is 0 Å². The van der Waals surface area contributed by atoms with Gasteiger partial charge in [0.2, 0.25) is 5.95 Å². The molecule has 3 heterocycles. The molecule has 1 aliphatic carbocycles. The van der Waals surface area contributed by atoms with Crippen molar-refractivity contribution in [3.8, 4) is 0 Å². The number of thiocarbonyl (C=S) groups is 1. The molecule has 3 aliphatic rings. The Morgan fingerprint density at radius 2 is 1.45 bits per heavy atom. The number of nitrogens with one attached hydrogen (secondary N) is 2. The number of para-hydroxylation sites is 1. The summed E-state index contributed by atoms with van der Waals surface area (Å²) in [6.07, 6.45) is 4.88. The number of anilines is 4. The van der Waals surface area contributed by atoms with Crippen molar-refractivity contribution >= 4 is 40.6 Å². The summed E-state index contributed by atoms with van der Waals surface area (Å²) in [5.41, 5.74) is 1.28. The highest BCUT2D eigenvalue weighted by Crippen LogP contribution is 2.25. The van der Waals surface area contributed by atoms with Gasteiger partial charge in [-0.2, -0.15) is 9.97 Å². The highest BCUT2D eigenvalue weighted by molar-refractivity contribution is 7.80. The normalized spacial score (nSPS) is 19.6. The summed E-state index contributed by atoms with van der Waals surface area (Å²) >= 11 is 5.59. The molecule has 9 heteroatoms. The van der Waals surface area contributed by atoms with Crippen molar-refractivity contribution in [3.05, 3.63) is 36.4 Å². The fourth-order valence-electron chi connectivity index (χ4n) is 4.82. The smallest absolute Gasteiger partial charge is 0.232 e. The molecule has 1 aromatic carbocycles. The summed E-state index contributed by atoms with van der Waals surface area (Å²) in [5.74, 6) is 2.44. The van der Waals surface area contributed by atoms with Crippen LogP contribution in [0.2, 0.25) is 0 Å². The molecule has 0 unspecified atom stereocenters. The van der Waals surface area contributed by atoms with Crippen LogP contribution in [-0.4, -0.2) is 73.6 Å². The third-order valence-corrected chi connectivity index (χ3v) is 6.89. The van der Waals surface area contributed by atoms with Gasteiger partial charge in [0, 0.05) is 57.1 Å². The van der Waals surface area contributed by atoms with Crippen LogP contribution in [0.25, 0.3) is 0 Å². The Bertz CT molecular complexity index is 924. The molecule has 0 amide bonds. The molecular formula is C24H33N7OS. The molecular weight excluding hydrogens is 434 g/mol. The first kappa shape index (κ1) is 22.2. The van der Waals surface area contributed by atoms with Gasteiger partial charge in [0.25, 0.3) is 0 Å². The average molecular weight is 468 g/mol. The fourth-order valence-corrected chi connectivity index (χ4v) is 5.08. The molecule has 0 atom stereocenters. The van der Waals surface area contributed by atoms with Crippen LogP contribution < -0.4 is 25.3 Å². The molecule has 1 aromatic heterocycles. The third kappa shape index (κ3) is 5.65. The van der Waals surface area contributed by atoms with Gasteiger partial charge in [-0.3, -0.25) is 0 Å². The van der Waals surface area contributed by atoms with E-state index in [0.717, 1.165) is 64.1 Å². The largest absolute Gasteiger partial charge is 0.378 e. The van der Waals surface area contributed by atoms with Crippen LogP contribution >= 0.6 is 12.2 Å². The van der Waals surface area contributed by atoms with E-state index in [0.29, 0.717) is 17.1 Å². The molecule has 0 radical (unpaired) electrons. The van der Waals surface area contributed by atoms with E-state index < -0.39 is 0 Å². The summed E-state index contributed by atoms with van der Waals surface area (Å²) in [5, 5.41) is 7.31. The molecule has 0 bridgehead atoms.